The van der Waals surface area contributed by atoms with Crippen LogP contribution >= 0.6 is 11.8 Å². The fraction of sp³-hybridized carbons (Fsp3) is 0.333. The Kier molecular flexibility index (Phi) is 3.81. The predicted octanol–water partition coefficient (Wildman–Crippen LogP) is 2.72. The van der Waals surface area contributed by atoms with Crippen LogP contribution in [0.15, 0.2) is 33.7 Å². The van der Waals surface area contributed by atoms with Crippen LogP contribution in [0.25, 0.3) is 0 Å². The minimum absolute atomic E-state index is 0.442. The second-order valence-corrected chi connectivity index (χ2v) is 4.82. The first-order valence-corrected chi connectivity index (χ1v) is 6.34. The van der Waals surface area contributed by atoms with E-state index < -0.39 is 6.10 Å². The molecule has 2 aromatic rings. The first-order valence-electron chi connectivity index (χ1n) is 5.35. The van der Waals surface area contributed by atoms with Crippen molar-refractivity contribution in [2.45, 2.75) is 30.6 Å². The van der Waals surface area contributed by atoms with Gasteiger partial charge in [0.25, 0.3) is 0 Å². The van der Waals surface area contributed by atoms with Crippen molar-refractivity contribution in [2.24, 2.45) is 0 Å². The van der Waals surface area contributed by atoms with Crippen molar-refractivity contribution in [3.05, 3.63) is 41.5 Å². The highest BCUT2D eigenvalue weighted by Crippen LogP contribution is 2.24. The summed E-state index contributed by atoms with van der Waals surface area (Å²) in [5.74, 6) is 1.94. The standard InChI is InChI=1S/C12H14N2O2S/c1-8(15)10-4-3-5-11(6-10)17-7-12-13-9(2)16-14-12/h3-6,8,15H,7H2,1-2H3. The van der Waals surface area contributed by atoms with E-state index >= 15 is 0 Å². The summed E-state index contributed by atoms with van der Waals surface area (Å²) in [5, 5.41) is 13.3. The van der Waals surface area contributed by atoms with Crippen molar-refractivity contribution >= 4 is 11.8 Å². The van der Waals surface area contributed by atoms with Gasteiger partial charge in [-0.2, -0.15) is 4.98 Å². The lowest BCUT2D eigenvalue weighted by Crippen LogP contribution is -1.90. The topological polar surface area (TPSA) is 59.2 Å². The number of aliphatic hydroxyl groups is 1. The molecule has 5 heteroatoms. The van der Waals surface area contributed by atoms with Gasteiger partial charge in [0.2, 0.25) is 5.89 Å². The van der Waals surface area contributed by atoms with Gasteiger partial charge in [-0.3, -0.25) is 0 Å². The molecule has 2 rings (SSSR count). The number of rotatable bonds is 4. The molecule has 0 radical (unpaired) electrons. The van der Waals surface area contributed by atoms with Gasteiger partial charge in [-0.15, -0.1) is 11.8 Å². The van der Waals surface area contributed by atoms with E-state index in [4.69, 9.17) is 4.52 Å². The Balaban J connectivity index is 2.01. The van der Waals surface area contributed by atoms with Gasteiger partial charge in [0.05, 0.1) is 11.9 Å². The Morgan fingerprint density at radius 2 is 2.29 bits per heavy atom. The smallest absolute Gasteiger partial charge is 0.223 e. The Hall–Kier alpha value is -1.33. The van der Waals surface area contributed by atoms with E-state index in [0.717, 1.165) is 10.5 Å². The first-order chi connectivity index (χ1) is 8.15. The van der Waals surface area contributed by atoms with Crippen LogP contribution in [0.3, 0.4) is 0 Å². The Morgan fingerprint density at radius 1 is 1.47 bits per heavy atom. The molecule has 1 N–H and O–H groups in total. The van der Waals surface area contributed by atoms with Crippen LogP contribution in [0.4, 0.5) is 0 Å². The first kappa shape index (κ1) is 12.1. The number of aryl methyl sites for hydroxylation is 1. The molecule has 0 saturated carbocycles. The summed E-state index contributed by atoms with van der Waals surface area (Å²) in [6, 6.07) is 7.82. The molecule has 0 amide bonds. The lowest BCUT2D eigenvalue weighted by atomic mass is 10.1. The lowest BCUT2D eigenvalue weighted by Gasteiger charge is -2.06. The number of thioether (sulfide) groups is 1. The molecular weight excluding hydrogens is 236 g/mol. The summed E-state index contributed by atoms with van der Waals surface area (Å²) >= 11 is 1.62. The summed E-state index contributed by atoms with van der Waals surface area (Å²) < 4.78 is 4.90. The molecule has 1 unspecified atom stereocenters. The molecule has 17 heavy (non-hydrogen) atoms. The van der Waals surface area contributed by atoms with Crippen molar-refractivity contribution in [1.82, 2.24) is 10.1 Å². The average Bonchev–Trinajstić information content (AvgIpc) is 2.73. The third kappa shape index (κ3) is 3.31. The highest BCUT2D eigenvalue weighted by atomic mass is 32.2. The lowest BCUT2D eigenvalue weighted by molar-refractivity contribution is 0.199. The van der Waals surface area contributed by atoms with Gasteiger partial charge in [-0.1, -0.05) is 17.3 Å². The molecule has 0 spiro atoms. The van der Waals surface area contributed by atoms with E-state index in [1.165, 1.54) is 0 Å². The number of hydrogen-bond acceptors (Lipinski definition) is 5. The third-order valence-corrected chi connectivity index (χ3v) is 3.27. The molecule has 0 aliphatic heterocycles. The fourth-order valence-electron chi connectivity index (χ4n) is 1.41. The normalized spacial score (nSPS) is 12.6. The molecule has 4 nitrogen and oxygen atoms in total. The largest absolute Gasteiger partial charge is 0.389 e. The van der Waals surface area contributed by atoms with Crippen molar-refractivity contribution < 1.29 is 9.63 Å². The molecule has 1 atom stereocenters. The van der Waals surface area contributed by atoms with Gasteiger partial charge < -0.3 is 9.63 Å². The molecule has 0 fully saturated rings. The second kappa shape index (κ2) is 5.33. The number of aromatic nitrogens is 2. The number of nitrogens with zero attached hydrogens (tertiary/aromatic N) is 2. The summed E-state index contributed by atoms with van der Waals surface area (Å²) in [6.07, 6.45) is -0.442. The van der Waals surface area contributed by atoms with Gasteiger partial charge >= 0.3 is 0 Å². The van der Waals surface area contributed by atoms with Crippen LogP contribution in [-0.2, 0) is 5.75 Å². The number of hydrogen-bond donors (Lipinski definition) is 1. The van der Waals surface area contributed by atoms with E-state index in [9.17, 15) is 5.11 Å². The van der Waals surface area contributed by atoms with E-state index in [1.54, 1.807) is 25.6 Å². The third-order valence-electron chi connectivity index (χ3n) is 2.28. The Bertz CT molecular complexity index is 497. The van der Waals surface area contributed by atoms with Gasteiger partial charge in [0.1, 0.15) is 0 Å². The molecule has 0 aliphatic carbocycles. The fourth-order valence-corrected chi connectivity index (χ4v) is 2.22. The van der Waals surface area contributed by atoms with E-state index in [2.05, 4.69) is 10.1 Å². The van der Waals surface area contributed by atoms with Gasteiger partial charge in [0, 0.05) is 11.8 Å². The molecule has 0 bridgehead atoms. The van der Waals surface area contributed by atoms with Crippen molar-refractivity contribution in [3.63, 3.8) is 0 Å². The van der Waals surface area contributed by atoms with Crippen LogP contribution in [0, 0.1) is 6.92 Å². The maximum absolute atomic E-state index is 9.49. The van der Waals surface area contributed by atoms with Crippen LogP contribution in [0.2, 0.25) is 0 Å². The molecular formula is C12H14N2O2S. The summed E-state index contributed by atoms with van der Waals surface area (Å²) in [5.41, 5.74) is 0.916. The Morgan fingerprint density at radius 3 is 2.94 bits per heavy atom. The van der Waals surface area contributed by atoms with Crippen molar-refractivity contribution in [2.75, 3.05) is 0 Å². The van der Waals surface area contributed by atoms with Gasteiger partial charge in [-0.25, -0.2) is 0 Å². The van der Waals surface area contributed by atoms with Crippen LogP contribution in [0.1, 0.15) is 30.3 Å². The predicted molar refractivity (Wildman–Crippen MR) is 65.7 cm³/mol. The van der Waals surface area contributed by atoms with Gasteiger partial charge in [-0.05, 0) is 24.6 Å². The summed E-state index contributed by atoms with van der Waals surface area (Å²) in [4.78, 5) is 5.22. The minimum Gasteiger partial charge on any atom is -0.389 e. The Labute approximate surface area is 104 Å². The summed E-state index contributed by atoms with van der Waals surface area (Å²) in [7, 11) is 0. The molecule has 1 aromatic heterocycles. The van der Waals surface area contributed by atoms with Crippen molar-refractivity contribution in [3.8, 4) is 0 Å². The highest BCUT2D eigenvalue weighted by molar-refractivity contribution is 7.98. The zero-order chi connectivity index (χ0) is 12.3. The van der Waals surface area contributed by atoms with Gasteiger partial charge in [0.15, 0.2) is 5.82 Å². The molecule has 0 aliphatic rings. The molecule has 0 saturated heterocycles. The molecule has 1 aromatic carbocycles. The number of aliphatic hydroxyl groups excluding tert-OH is 1. The maximum atomic E-state index is 9.49. The monoisotopic (exact) mass is 250 g/mol. The van der Waals surface area contributed by atoms with Crippen LogP contribution < -0.4 is 0 Å². The number of benzene rings is 1. The van der Waals surface area contributed by atoms with E-state index in [-0.39, 0.29) is 0 Å². The van der Waals surface area contributed by atoms with Crippen molar-refractivity contribution in [1.29, 1.82) is 0 Å². The molecule has 90 valence electrons. The minimum atomic E-state index is -0.442. The van der Waals surface area contributed by atoms with Crippen LogP contribution in [0.5, 0.6) is 0 Å². The van der Waals surface area contributed by atoms with Crippen LogP contribution in [-0.4, -0.2) is 15.2 Å². The van der Waals surface area contributed by atoms with E-state index in [1.807, 2.05) is 24.3 Å². The quantitative estimate of drug-likeness (QED) is 0.845. The maximum Gasteiger partial charge on any atom is 0.223 e. The zero-order valence-electron chi connectivity index (χ0n) is 9.75. The zero-order valence-corrected chi connectivity index (χ0v) is 10.6. The average molecular weight is 250 g/mol. The molecule has 1 heterocycles. The SMILES string of the molecule is Cc1nc(CSc2cccc(C(C)O)c2)no1. The highest BCUT2D eigenvalue weighted by Gasteiger charge is 2.05. The van der Waals surface area contributed by atoms with E-state index in [0.29, 0.717) is 17.5 Å². The second-order valence-electron chi connectivity index (χ2n) is 3.77. The summed E-state index contributed by atoms with van der Waals surface area (Å²) in [6.45, 7) is 3.53.